The summed E-state index contributed by atoms with van der Waals surface area (Å²) in [5.41, 5.74) is 4.58. The molecule has 0 unspecified atom stereocenters. The lowest BCUT2D eigenvalue weighted by atomic mass is 10.0. The third-order valence-electron chi connectivity index (χ3n) is 6.95. The van der Waals surface area contributed by atoms with E-state index in [0.29, 0.717) is 6.04 Å². The minimum absolute atomic E-state index is 0.462. The van der Waals surface area contributed by atoms with Gasteiger partial charge in [0.15, 0.2) is 0 Å². The molecule has 2 aliphatic rings. The molecule has 0 atom stereocenters. The largest absolute Gasteiger partial charge is 0.379 e. The van der Waals surface area contributed by atoms with E-state index in [0.717, 1.165) is 76.5 Å². The molecule has 0 saturated carbocycles. The van der Waals surface area contributed by atoms with Crippen LogP contribution in [0.2, 0.25) is 0 Å². The van der Waals surface area contributed by atoms with Gasteiger partial charge < -0.3 is 14.3 Å². The first kappa shape index (κ1) is 19.9. The van der Waals surface area contributed by atoms with E-state index in [1.165, 1.54) is 22.3 Å². The second-order valence-corrected chi connectivity index (χ2v) is 9.01. The van der Waals surface area contributed by atoms with Crippen LogP contribution in [0, 0.1) is 0 Å². The maximum Gasteiger partial charge on any atom is 0.139 e. The zero-order chi connectivity index (χ0) is 21.3. The fraction of sp³-hybridized carbons (Fsp3) is 0.440. The third kappa shape index (κ3) is 3.81. The molecule has 1 aromatic carbocycles. The van der Waals surface area contributed by atoms with Crippen LogP contribution in [0.1, 0.15) is 30.3 Å². The van der Waals surface area contributed by atoms with Crippen LogP contribution in [0.5, 0.6) is 0 Å². The van der Waals surface area contributed by atoms with Crippen LogP contribution in [0.3, 0.4) is 0 Å². The molecule has 0 bridgehead atoms. The van der Waals surface area contributed by atoms with E-state index in [9.17, 15) is 0 Å². The number of aromatic nitrogens is 4. The van der Waals surface area contributed by atoms with E-state index in [1.807, 2.05) is 12.4 Å². The molecule has 2 fully saturated rings. The molecule has 5 heterocycles. The van der Waals surface area contributed by atoms with Crippen LogP contribution >= 0.6 is 0 Å². The maximum absolute atomic E-state index is 5.56. The molecule has 2 aliphatic heterocycles. The quantitative estimate of drug-likeness (QED) is 0.524. The Morgan fingerprint density at radius 1 is 0.938 bits per heavy atom. The van der Waals surface area contributed by atoms with Crippen molar-refractivity contribution in [1.82, 2.24) is 29.3 Å². The van der Waals surface area contributed by atoms with E-state index < -0.39 is 0 Å². The van der Waals surface area contributed by atoms with Gasteiger partial charge in [0.1, 0.15) is 17.0 Å². The van der Waals surface area contributed by atoms with Gasteiger partial charge in [0, 0.05) is 50.3 Å². The molecule has 1 N–H and O–H groups in total. The number of hydrogen-bond acceptors (Lipinski definition) is 5. The molecule has 2 saturated heterocycles. The number of ether oxygens (including phenoxy) is 1. The highest BCUT2D eigenvalue weighted by atomic mass is 16.5. The SMILES string of the molecule is c1ccc(CN2CCC(n3c(CN4CCOCC4)nc4cnc5[nH]ccc5c43)CC2)cc1. The fourth-order valence-corrected chi connectivity index (χ4v) is 5.28. The van der Waals surface area contributed by atoms with E-state index >= 15 is 0 Å². The molecular formula is C25H30N6O. The van der Waals surface area contributed by atoms with Crippen molar-refractivity contribution in [3.8, 4) is 0 Å². The third-order valence-corrected chi connectivity index (χ3v) is 6.95. The van der Waals surface area contributed by atoms with Gasteiger partial charge in [0.2, 0.25) is 0 Å². The molecule has 0 aliphatic carbocycles. The summed E-state index contributed by atoms with van der Waals surface area (Å²) in [6.45, 7) is 7.67. The maximum atomic E-state index is 5.56. The summed E-state index contributed by atoms with van der Waals surface area (Å²) >= 11 is 0. The number of piperidine rings is 1. The Morgan fingerprint density at radius 2 is 1.72 bits per heavy atom. The lowest BCUT2D eigenvalue weighted by Gasteiger charge is -2.34. The highest BCUT2D eigenvalue weighted by molar-refractivity contribution is 6.01. The van der Waals surface area contributed by atoms with Crippen LogP contribution in [-0.2, 0) is 17.8 Å². The normalized spacial score (nSPS) is 19.2. The lowest BCUT2D eigenvalue weighted by Crippen LogP contribution is -2.38. The minimum atomic E-state index is 0.462. The van der Waals surface area contributed by atoms with E-state index in [1.54, 1.807) is 0 Å². The summed E-state index contributed by atoms with van der Waals surface area (Å²) in [4.78, 5) is 18.0. The molecule has 0 amide bonds. The predicted octanol–water partition coefficient (Wildman–Crippen LogP) is 3.58. The van der Waals surface area contributed by atoms with Crippen molar-refractivity contribution in [2.75, 3.05) is 39.4 Å². The van der Waals surface area contributed by atoms with Crippen LogP contribution in [0.4, 0.5) is 0 Å². The Bertz CT molecular complexity index is 1190. The summed E-state index contributed by atoms with van der Waals surface area (Å²) in [5.74, 6) is 1.17. The Balaban J connectivity index is 1.30. The highest BCUT2D eigenvalue weighted by Crippen LogP contribution is 2.33. The van der Waals surface area contributed by atoms with Crippen molar-refractivity contribution in [2.24, 2.45) is 0 Å². The average molecular weight is 431 g/mol. The molecule has 7 nitrogen and oxygen atoms in total. The molecule has 166 valence electrons. The Labute approximate surface area is 188 Å². The second kappa shape index (κ2) is 8.65. The van der Waals surface area contributed by atoms with Crippen LogP contribution < -0.4 is 0 Å². The van der Waals surface area contributed by atoms with Crippen LogP contribution in [0.25, 0.3) is 22.1 Å². The zero-order valence-corrected chi connectivity index (χ0v) is 18.4. The first-order valence-corrected chi connectivity index (χ1v) is 11.7. The van der Waals surface area contributed by atoms with Crippen molar-refractivity contribution in [2.45, 2.75) is 32.0 Å². The smallest absolute Gasteiger partial charge is 0.139 e. The van der Waals surface area contributed by atoms with Gasteiger partial charge in [-0.15, -0.1) is 0 Å². The number of nitrogens with zero attached hydrogens (tertiary/aromatic N) is 5. The molecule has 3 aromatic heterocycles. The van der Waals surface area contributed by atoms with Crippen molar-refractivity contribution in [1.29, 1.82) is 0 Å². The molecule has 6 rings (SSSR count). The summed E-state index contributed by atoms with van der Waals surface area (Å²) in [5, 5.41) is 1.18. The summed E-state index contributed by atoms with van der Waals surface area (Å²) in [7, 11) is 0. The average Bonchev–Trinajstić information content (AvgIpc) is 3.45. The van der Waals surface area contributed by atoms with Crippen LogP contribution in [0.15, 0.2) is 48.8 Å². The van der Waals surface area contributed by atoms with E-state index in [4.69, 9.17) is 9.72 Å². The number of imidazole rings is 1. The minimum Gasteiger partial charge on any atom is -0.379 e. The van der Waals surface area contributed by atoms with Crippen molar-refractivity contribution in [3.63, 3.8) is 0 Å². The summed E-state index contributed by atoms with van der Waals surface area (Å²) < 4.78 is 8.11. The molecule has 0 radical (unpaired) electrons. The first-order chi connectivity index (χ1) is 15.8. The number of H-pyrrole nitrogens is 1. The number of aromatic amines is 1. The monoisotopic (exact) mass is 430 g/mol. The number of morpholine rings is 1. The van der Waals surface area contributed by atoms with Gasteiger partial charge in [-0.2, -0.15) is 0 Å². The molecular weight excluding hydrogens is 400 g/mol. The molecule has 7 heteroatoms. The number of likely N-dealkylation sites (tertiary alicyclic amines) is 1. The second-order valence-electron chi connectivity index (χ2n) is 9.01. The van der Waals surface area contributed by atoms with Gasteiger partial charge in [-0.3, -0.25) is 9.80 Å². The van der Waals surface area contributed by atoms with Crippen molar-refractivity contribution in [3.05, 3.63) is 60.2 Å². The van der Waals surface area contributed by atoms with Gasteiger partial charge >= 0.3 is 0 Å². The zero-order valence-electron chi connectivity index (χ0n) is 18.4. The Hall–Kier alpha value is -2.74. The summed E-state index contributed by atoms with van der Waals surface area (Å²) in [6.07, 6.45) is 6.20. The number of rotatable bonds is 5. The van der Waals surface area contributed by atoms with E-state index in [-0.39, 0.29) is 0 Å². The van der Waals surface area contributed by atoms with Gasteiger partial charge in [0.25, 0.3) is 0 Å². The topological polar surface area (TPSA) is 62.2 Å². The van der Waals surface area contributed by atoms with Crippen molar-refractivity contribution < 1.29 is 4.74 Å². The van der Waals surface area contributed by atoms with Gasteiger partial charge in [-0.25, -0.2) is 9.97 Å². The number of nitrogens with one attached hydrogen (secondary N) is 1. The van der Waals surface area contributed by atoms with Crippen molar-refractivity contribution >= 4 is 22.1 Å². The molecule has 32 heavy (non-hydrogen) atoms. The molecule has 4 aromatic rings. The van der Waals surface area contributed by atoms with Crippen LogP contribution in [-0.4, -0.2) is 68.7 Å². The van der Waals surface area contributed by atoms with Gasteiger partial charge in [-0.05, 0) is 24.5 Å². The Kier molecular flexibility index (Phi) is 5.38. The Morgan fingerprint density at radius 3 is 2.53 bits per heavy atom. The predicted molar refractivity (Wildman–Crippen MR) is 125 cm³/mol. The van der Waals surface area contributed by atoms with Gasteiger partial charge in [0.05, 0.1) is 31.5 Å². The van der Waals surface area contributed by atoms with E-state index in [2.05, 4.69) is 60.7 Å². The summed E-state index contributed by atoms with van der Waals surface area (Å²) in [6, 6.07) is 13.4. The molecule has 0 spiro atoms. The number of pyridine rings is 1. The highest BCUT2D eigenvalue weighted by Gasteiger charge is 2.27. The lowest BCUT2D eigenvalue weighted by molar-refractivity contribution is 0.0322. The number of fused-ring (bicyclic) bond motifs is 3. The van der Waals surface area contributed by atoms with Gasteiger partial charge in [-0.1, -0.05) is 30.3 Å². The first-order valence-electron chi connectivity index (χ1n) is 11.7. The number of benzene rings is 1. The fourth-order valence-electron chi connectivity index (χ4n) is 5.28. The standard InChI is InChI=1S/C25H30N6O/c1-2-4-19(5-3-1)17-29-10-7-20(8-11-29)31-23(18-30-12-14-32-15-13-30)28-22-16-27-25-21(24(22)31)6-9-26-25/h1-6,9,16,20H,7-8,10-15,17-18H2,(H,26,27). The number of hydrogen-bond donors (Lipinski definition) is 1.